The molecule has 118 valence electrons. The number of nitrogens with one attached hydrogen (secondary N) is 2. The van der Waals surface area contributed by atoms with Crippen molar-refractivity contribution >= 4 is 12.0 Å². The van der Waals surface area contributed by atoms with Crippen molar-refractivity contribution in [1.82, 2.24) is 15.5 Å². The van der Waals surface area contributed by atoms with E-state index in [1.807, 2.05) is 0 Å². The van der Waals surface area contributed by atoms with Gasteiger partial charge in [-0.05, 0) is 68.6 Å². The molecule has 0 spiro atoms. The number of amides is 2. The molecule has 5 aliphatic carbocycles. The number of rotatable bonds is 3. The van der Waals surface area contributed by atoms with Gasteiger partial charge in [0.15, 0.2) is 0 Å². The highest BCUT2D eigenvalue weighted by Gasteiger charge is 2.48. The van der Waals surface area contributed by atoms with Crippen LogP contribution in [0.3, 0.4) is 0 Å². The molecule has 5 aliphatic rings. The molecule has 0 radical (unpaired) electrons. The maximum atomic E-state index is 12.2. The molecule has 1 aromatic heterocycles. The lowest BCUT2D eigenvalue weighted by Gasteiger charge is -2.54. The highest BCUT2D eigenvalue weighted by molar-refractivity contribution is 5.87. The smallest absolute Gasteiger partial charge is 0.323 e. The fourth-order valence-electron chi connectivity index (χ4n) is 5.23. The molecular weight excluding hydrogens is 280 g/mol. The number of carbonyl (C=O) groups is 1. The second-order valence-electron chi connectivity index (χ2n) is 7.77. The molecule has 6 heteroatoms. The van der Waals surface area contributed by atoms with Crippen LogP contribution in [0, 0.1) is 23.7 Å². The molecule has 22 heavy (non-hydrogen) atoms. The van der Waals surface area contributed by atoms with Crippen molar-refractivity contribution < 1.29 is 9.21 Å². The summed E-state index contributed by atoms with van der Waals surface area (Å²) in [5.74, 6) is 4.25. The Hall–Kier alpha value is -1.59. The number of nitrogens with zero attached hydrogens (tertiary/aromatic N) is 2. The van der Waals surface area contributed by atoms with Crippen molar-refractivity contribution in [2.45, 2.75) is 56.9 Å². The molecule has 0 atom stereocenters. The fraction of sp³-hybridized carbons (Fsp3) is 0.812. The summed E-state index contributed by atoms with van der Waals surface area (Å²) in [6.45, 7) is 0. The van der Waals surface area contributed by atoms with E-state index in [0.717, 1.165) is 24.7 Å². The van der Waals surface area contributed by atoms with Gasteiger partial charge in [0.25, 0.3) is 0 Å². The third-order valence-corrected chi connectivity index (χ3v) is 6.11. The lowest BCUT2D eigenvalue weighted by molar-refractivity contribution is -0.00885. The molecule has 5 fully saturated rings. The van der Waals surface area contributed by atoms with Gasteiger partial charge in [0.1, 0.15) is 0 Å². The van der Waals surface area contributed by atoms with Gasteiger partial charge in [-0.15, -0.1) is 5.10 Å². The molecule has 2 N–H and O–H groups in total. The van der Waals surface area contributed by atoms with Gasteiger partial charge in [0, 0.05) is 12.0 Å². The van der Waals surface area contributed by atoms with Gasteiger partial charge in [-0.1, -0.05) is 5.10 Å². The minimum absolute atomic E-state index is 0.191. The van der Waals surface area contributed by atoms with E-state index in [2.05, 4.69) is 20.8 Å². The second kappa shape index (κ2) is 4.70. The molecule has 0 aliphatic heterocycles. The quantitative estimate of drug-likeness (QED) is 0.899. The molecule has 0 saturated heterocycles. The Kier molecular flexibility index (Phi) is 2.76. The standard InChI is InChI=1S/C16H22N4O2/c21-15(18-16-20-19-14(22-16)10-1-2-10)17-13-11-4-8-3-9(6-11)7-12(13)5-8/h8-13H,1-7H2,(H2,17,18,20,21). The van der Waals surface area contributed by atoms with Crippen LogP contribution in [0.4, 0.5) is 10.8 Å². The van der Waals surface area contributed by atoms with Gasteiger partial charge in [-0.25, -0.2) is 4.79 Å². The maximum Gasteiger partial charge on any atom is 0.323 e. The fourth-order valence-corrected chi connectivity index (χ4v) is 5.23. The molecule has 4 bridgehead atoms. The van der Waals surface area contributed by atoms with E-state index >= 15 is 0 Å². The monoisotopic (exact) mass is 302 g/mol. The molecule has 6 rings (SSSR count). The number of hydrogen-bond acceptors (Lipinski definition) is 4. The average Bonchev–Trinajstić information content (AvgIpc) is 3.23. The SMILES string of the molecule is O=C(Nc1nnc(C2CC2)o1)NC1C2CC3CC(C2)CC1C3. The van der Waals surface area contributed by atoms with Crippen molar-refractivity contribution in [2.24, 2.45) is 23.7 Å². The predicted molar refractivity (Wildman–Crippen MR) is 79.3 cm³/mol. The minimum Gasteiger partial charge on any atom is -0.408 e. The van der Waals surface area contributed by atoms with Gasteiger partial charge in [-0.3, -0.25) is 5.32 Å². The molecular formula is C16H22N4O2. The van der Waals surface area contributed by atoms with Gasteiger partial charge in [0.05, 0.1) is 0 Å². The summed E-state index contributed by atoms with van der Waals surface area (Å²) in [6.07, 6.45) is 8.84. The number of hydrogen-bond donors (Lipinski definition) is 2. The first-order valence-electron chi connectivity index (χ1n) is 8.65. The zero-order valence-electron chi connectivity index (χ0n) is 12.6. The third kappa shape index (κ3) is 2.20. The minimum atomic E-state index is -0.191. The number of aromatic nitrogens is 2. The average molecular weight is 302 g/mol. The Morgan fingerprint density at radius 1 is 1.00 bits per heavy atom. The third-order valence-electron chi connectivity index (χ3n) is 6.11. The first kappa shape index (κ1) is 12.9. The molecule has 0 aromatic carbocycles. The van der Waals surface area contributed by atoms with Crippen LogP contribution in [0.15, 0.2) is 4.42 Å². The lowest BCUT2D eigenvalue weighted by Crippen LogP contribution is -2.56. The zero-order valence-corrected chi connectivity index (χ0v) is 12.6. The summed E-state index contributed by atoms with van der Waals surface area (Å²) in [6, 6.07) is 0.366. The van der Waals surface area contributed by atoms with Gasteiger partial charge < -0.3 is 9.73 Å². The first-order valence-corrected chi connectivity index (χ1v) is 8.65. The molecule has 0 unspecified atom stereocenters. The zero-order chi connectivity index (χ0) is 14.7. The largest absolute Gasteiger partial charge is 0.408 e. The van der Waals surface area contributed by atoms with Crippen LogP contribution in [-0.2, 0) is 0 Å². The van der Waals surface area contributed by atoms with Crippen LogP contribution in [0.5, 0.6) is 0 Å². The Labute approximate surface area is 129 Å². The highest BCUT2D eigenvalue weighted by Crippen LogP contribution is 2.53. The Morgan fingerprint density at radius 2 is 1.68 bits per heavy atom. The van der Waals surface area contributed by atoms with E-state index in [1.54, 1.807) is 0 Å². The van der Waals surface area contributed by atoms with Crippen LogP contribution in [-0.4, -0.2) is 22.3 Å². The van der Waals surface area contributed by atoms with Crippen molar-refractivity contribution in [3.05, 3.63) is 5.89 Å². The first-order chi connectivity index (χ1) is 10.7. The summed E-state index contributed by atoms with van der Waals surface area (Å²) in [5.41, 5.74) is 0. The van der Waals surface area contributed by atoms with Gasteiger partial charge >= 0.3 is 12.0 Å². The Bertz CT molecular complexity index is 567. The van der Waals surface area contributed by atoms with Crippen molar-refractivity contribution in [1.29, 1.82) is 0 Å². The second-order valence-corrected chi connectivity index (χ2v) is 7.77. The van der Waals surface area contributed by atoms with Crippen LogP contribution in [0.2, 0.25) is 0 Å². The van der Waals surface area contributed by atoms with Crippen molar-refractivity contribution in [2.75, 3.05) is 5.32 Å². The molecule has 6 nitrogen and oxygen atoms in total. The van der Waals surface area contributed by atoms with Crippen LogP contribution in [0.1, 0.15) is 56.8 Å². The van der Waals surface area contributed by atoms with Gasteiger partial charge in [0.2, 0.25) is 5.89 Å². The van der Waals surface area contributed by atoms with Gasteiger partial charge in [-0.2, -0.15) is 0 Å². The summed E-state index contributed by atoms with van der Waals surface area (Å²) < 4.78 is 5.49. The van der Waals surface area contributed by atoms with E-state index < -0.39 is 0 Å². The molecule has 1 aromatic rings. The van der Waals surface area contributed by atoms with E-state index in [-0.39, 0.29) is 12.0 Å². The van der Waals surface area contributed by atoms with Crippen molar-refractivity contribution in [3.8, 4) is 0 Å². The Balaban J connectivity index is 1.22. The predicted octanol–water partition coefficient (Wildman–Crippen LogP) is 2.89. The summed E-state index contributed by atoms with van der Waals surface area (Å²) in [7, 11) is 0. The maximum absolute atomic E-state index is 12.2. The highest BCUT2D eigenvalue weighted by atomic mass is 16.4. The molecule has 5 saturated carbocycles. The van der Waals surface area contributed by atoms with E-state index in [0.29, 0.717) is 29.7 Å². The van der Waals surface area contributed by atoms with E-state index in [1.165, 1.54) is 32.1 Å². The summed E-state index contributed by atoms with van der Waals surface area (Å²) in [5, 5.41) is 13.8. The lowest BCUT2D eigenvalue weighted by atomic mass is 9.54. The van der Waals surface area contributed by atoms with E-state index in [4.69, 9.17) is 4.42 Å². The molecule has 1 heterocycles. The van der Waals surface area contributed by atoms with Crippen LogP contribution >= 0.6 is 0 Å². The number of anilines is 1. The molecule has 2 amide bonds. The van der Waals surface area contributed by atoms with Crippen molar-refractivity contribution in [3.63, 3.8) is 0 Å². The number of urea groups is 1. The van der Waals surface area contributed by atoms with Crippen LogP contribution < -0.4 is 10.6 Å². The number of carbonyl (C=O) groups excluding carboxylic acids is 1. The van der Waals surface area contributed by atoms with Crippen LogP contribution in [0.25, 0.3) is 0 Å². The summed E-state index contributed by atoms with van der Waals surface area (Å²) in [4.78, 5) is 12.2. The van der Waals surface area contributed by atoms with E-state index in [9.17, 15) is 4.79 Å². The normalized spacial score (nSPS) is 39.0. The Morgan fingerprint density at radius 3 is 2.32 bits per heavy atom. The topological polar surface area (TPSA) is 80.1 Å². The summed E-state index contributed by atoms with van der Waals surface area (Å²) >= 11 is 0.